The number of alkyl carbamates (subject to hydrolysis) is 1. The van der Waals surface area contributed by atoms with Crippen LogP contribution in [0.15, 0.2) is 17.1 Å². The van der Waals surface area contributed by atoms with Crippen molar-refractivity contribution < 1.29 is 28.6 Å². The first-order valence-electron chi connectivity index (χ1n) is 13.2. The maximum atomic E-state index is 15.2. The number of carbonyl (C=O) groups excluding carboxylic acids is 2. The van der Waals surface area contributed by atoms with Crippen molar-refractivity contribution in [3.05, 3.63) is 33.9 Å². The highest BCUT2D eigenvalue weighted by molar-refractivity contribution is 5.92. The summed E-state index contributed by atoms with van der Waals surface area (Å²) in [6.45, 7) is 11.2. The van der Waals surface area contributed by atoms with Crippen LogP contribution in [0.1, 0.15) is 77.2 Å². The molecule has 0 spiro atoms. The molecular weight excluding hydrogens is 509 g/mol. The number of ether oxygens (including phenoxy) is 1. The number of carbonyl (C=O) groups is 3. The van der Waals surface area contributed by atoms with Crippen LogP contribution in [0, 0.1) is 11.7 Å². The van der Waals surface area contributed by atoms with Gasteiger partial charge in [0, 0.05) is 24.8 Å². The highest BCUT2D eigenvalue weighted by Crippen LogP contribution is 2.38. The van der Waals surface area contributed by atoms with E-state index in [9.17, 15) is 24.3 Å². The second kappa shape index (κ2) is 10.5. The molecule has 1 saturated heterocycles. The summed E-state index contributed by atoms with van der Waals surface area (Å²) in [6, 6.07) is -0.396. The maximum Gasteiger partial charge on any atom is 0.408 e. The van der Waals surface area contributed by atoms with Crippen molar-refractivity contribution in [2.75, 3.05) is 11.4 Å². The van der Waals surface area contributed by atoms with E-state index in [-0.39, 0.29) is 53.3 Å². The number of amides is 2. The number of anilines is 1. The minimum Gasteiger partial charge on any atom is -0.477 e. The van der Waals surface area contributed by atoms with Crippen LogP contribution in [0.5, 0.6) is 0 Å². The molecule has 2 amide bonds. The number of carboxylic acids is 1. The number of hydrogen-bond donors (Lipinski definition) is 3. The lowest BCUT2D eigenvalue weighted by atomic mass is 9.96. The van der Waals surface area contributed by atoms with Gasteiger partial charge in [0.2, 0.25) is 11.3 Å². The number of rotatable bonds is 8. The lowest BCUT2D eigenvalue weighted by Gasteiger charge is -2.47. The van der Waals surface area contributed by atoms with Crippen molar-refractivity contribution in [3.63, 3.8) is 0 Å². The van der Waals surface area contributed by atoms with Crippen LogP contribution in [0.4, 0.5) is 15.0 Å². The molecule has 39 heavy (non-hydrogen) atoms. The number of halogens is 1. The summed E-state index contributed by atoms with van der Waals surface area (Å²) in [4.78, 5) is 55.8. The van der Waals surface area contributed by atoms with Gasteiger partial charge in [-0.25, -0.2) is 19.0 Å². The van der Waals surface area contributed by atoms with Gasteiger partial charge in [0.25, 0.3) is 0 Å². The Labute approximate surface area is 225 Å². The number of aromatic carboxylic acids is 1. The first kappa shape index (κ1) is 28.3. The van der Waals surface area contributed by atoms with E-state index in [1.807, 2.05) is 20.8 Å². The van der Waals surface area contributed by atoms with E-state index in [0.29, 0.717) is 6.42 Å². The van der Waals surface area contributed by atoms with E-state index in [2.05, 4.69) is 15.6 Å². The predicted octanol–water partition coefficient (Wildman–Crippen LogP) is 3.20. The van der Waals surface area contributed by atoms with Crippen LogP contribution in [-0.4, -0.2) is 62.9 Å². The number of nitrogens with one attached hydrogen (secondary N) is 2. The van der Waals surface area contributed by atoms with E-state index in [1.165, 1.54) is 6.20 Å². The molecule has 2 fully saturated rings. The minimum atomic E-state index is -1.37. The van der Waals surface area contributed by atoms with Gasteiger partial charge in [0.05, 0.1) is 11.4 Å². The van der Waals surface area contributed by atoms with Gasteiger partial charge in [-0.3, -0.25) is 9.59 Å². The van der Waals surface area contributed by atoms with Gasteiger partial charge in [0.1, 0.15) is 22.9 Å². The summed E-state index contributed by atoms with van der Waals surface area (Å²) in [5.41, 5.74) is -1.66. The highest BCUT2D eigenvalue weighted by atomic mass is 19.1. The molecule has 2 aliphatic rings. The number of fused-ring (bicyclic) bond motifs is 1. The number of aromatic nitrogens is 2. The molecule has 0 bridgehead atoms. The molecule has 2 aromatic rings. The Morgan fingerprint density at radius 1 is 1.26 bits per heavy atom. The fraction of sp³-hybridized carbons (Fsp3) is 0.593. The zero-order chi connectivity index (χ0) is 28.8. The van der Waals surface area contributed by atoms with Gasteiger partial charge in [-0.1, -0.05) is 13.8 Å². The number of pyridine rings is 2. The zero-order valence-corrected chi connectivity index (χ0v) is 23.1. The molecule has 0 aromatic carbocycles. The maximum absolute atomic E-state index is 15.2. The Balaban J connectivity index is 1.52. The smallest absolute Gasteiger partial charge is 0.408 e. The van der Waals surface area contributed by atoms with Crippen molar-refractivity contribution in [2.45, 2.75) is 90.6 Å². The Kier molecular flexibility index (Phi) is 7.59. The first-order chi connectivity index (χ1) is 18.2. The fourth-order valence-corrected chi connectivity index (χ4v) is 4.71. The lowest BCUT2D eigenvalue weighted by Crippen LogP contribution is -2.67. The molecule has 3 atom stereocenters. The highest BCUT2D eigenvalue weighted by Gasteiger charge is 2.40. The van der Waals surface area contributed by atoms with Crippen molar-refractivity contribution in [1.29, 1.82) is 0 Å². The van der Waals surface area contributed by atoms with Crippen LogP contribution >= 0.6 is 0 Å². The van der Waals surface area contributed by atoms with Crippen molar-refractivity contribution in [1.82, 2.24) is 20.2 Å². The average molecular weight is 546 g/mol. The fourth-order valence-electron chi connectivity index (χ4n) is 4.71. The monoisotopic (exact) mass is 545 g/mol. The molecule has 12 heteroatoms. The number of nitrogens with zero attached hydrogens (tertiary/aromatic N) is 3. The van der Waals surface area contributed by atoms with Crippen LogP contribution < -0.4 is 21.0 Å². The van der Waals surface area contributed by atoms with Gasteiger partial charge >= 0.3 is 12.1 Å². The van der Waals surface area contributed by atoms with Gasteiger partial charge in [0.15, 0.2) is 11.6 Å². The topological polar surface area (TPSA) is 143 Å². The largest absolute Gasteiger partial charge is 0.477 e. The summed E-state index contributed by atoms with van der Waals surface area (Å²) in [6.07, 6.45) is 2.65. The predicted molar refractivity (Wildman–Crippen MR) is 143 cm³/mol. The second-order valence-corrected chi connectivity index (χ2v) is 11.8. The standard InChI is InChI=1S/C27H36FN5O6/c1-13(2)9-19(30-26(38)39-27(4,5)6)24(35)29-20-12-32(14(20)3)23-18(28)10-16-21(34)17(25(36)37)11-33(15-7-8-15)22(16)31-23/h10-11,13-15,19-20H,7-9,12H2,1-6H3,(H,29,35)(H,30,38)(H,36,37)/t14-,19-,20+/m0/s1. The van der Waals surface area contributed by atoms with E-state index < -0.39 is 40.5 Å². The van der Waals surface area contributed by atoms with Gasteiger partial charge in [-0.05, 0) is 58.9 Å². The van der Waals surface area contributed by atoms with Gasteiger partial charge < -0.3 is 29.9 Å². The van der Waals surface area contributed by atoms with Crippen LogP contribution in [-0.2, 0) is 9.53 Å². The third-order valence-electron chi connectivity index (χ3n) is 6.89. The first-order valence-corrected chi connectivity index (χ1v) is 13.2. The molecule has 0 radical (unpaired) electrons. The summed E-state index contributed by atoms with van der Waals surface area (Å²) in [5.74, 6) is -2.31. The van der Waals surface area contributed by atoms with E-state index >= 15 is 4.39 Å². The Hall–Kier alpha value is -3.70. The van der Waals surface area contributed by atoms with E-state index in [4.69, 9.17) is 4.74 Å². The third kappa shape index (κ3) is 6.15. The molecule has 3 N–H and O–H groups in total. The van der Waals surface area contributed by atoms with Crippen LogP contribution in [0.3, 0.4) is 0 Å². The number of hydrogen-bond acceptors (Lipinski definition) is 7. The molecule has 3 heterocycles. The van der Waals surface area contributed by atoms with Gasteiger partial charge in [-0.15, -0.1) is 0 Å². The molecule has 1 saturated carbocycles. The molecular formula is C27H36FN5O6. The second-order valence-electron chi connectivity index (χ2n) is 11.8. The Bertz CT molecular complexity index is 1360. The van der Waals surface area contributed by atoms with Crippen LogP contribution in [0.25, 0.3) is 11.0 Å². The van der Waals surface area contributed by atoms with E-state index in [0.717, 1.165) is 18.9 Å². The molecule has 11 nitrogen and oxygen atoms in total. The van der Waals surface area contributed by atoms with Crippen molar-refractivity contribution >= 4 is 34.8 Å². The van der Waals surface area contributed by atoms with Crippen LogP contribution in [0.2, 0.25) is 0 Å². The summed E-state index contributed by atoms with van der Waals surface area (Å²) < 4.78 is 22.2. The lowest BCUT2D eigenvalue weighted by molar-refractivity contribution is -0.124. The quantitative estimate of drug-likeness (QED) is 0.459. The third-order valence-corrected chi connectivity index (χ3v) is 6.89. The summed E-state index contributed by atoms with van der Waals surface area (Å²) in [5, 5.41) is 14.9. The summed E-state index contributed by atoms with van der Waals surface area (Å²) >= 11 is 0. The SMILES string of the molecule is CC(C)C[C@H](NC(=O)OC(C)(C)C)C(=O)N[C@@H]1CN(c2nc3c(cc2F)c(=O)c(C(=O)O)cn3C2CC2)[C@H]1C. The minimum absolute atomic E-state index is 0.00762. The Morgan fingerprint density at radius 3 is 2.46 bits per heavy atom. The van der Waals surface area contributed by atoms with Gasteiger partial charge in [-0.2, -0.15) is 0 Å². The Morgan fingerprint density at radius 2 is 1.92 bits per heavy atom. The van der Waals surface area contributed by atoms with Crippen molar-refractivity contribution in [2.24, 2.45) is 5.92 Å². The summed E-state index contributed by atoms with van der Waals surface area (Å²) in [7, 11) is 0. The molecule has 1 aliphatic carbocycles. The normalized spacial score (nSPS) is 19.9. The molecule has 1 aliphatic heterocycles. The van der Waals surface area contributed by atoms with Crippen molar-refractivity contribution in [3.8, 4) is 0 Å². The zero-order valence-electron chi connectivity index (χ0n) is 23.1. The molecule has 4 rings (SSSR count). The average Bonchev–Trinajstić information content (AvgIpc) is 3.65. The number of carboxylic acid groups (broad SMARTS) is 1. The molecule has 0 unspecified atom stereocenters. The molecule has 212 valence electrons. The van der Waals surface area contributed by atoms with E-state index in [1.54, 1.807) is 30.2 Å². The molecule has 2 aromatic heterocycles.